The number of halogens is 4. The van der Waals surface area contributed by atoms with E-state index in [4.69, 9.17) is 9.15 Å². The number of alkyl halides is 3. The topological polar surface area (TPSA) is 62.9 Å². The summed E-state index contributed by atoms with van der Waals surface area (Å²) in [6.07, 6.45) is -3.15. The number of aromatic nitrogens is 1. The van der Waals surface area contributed by atoms with Gasteiger partial charge in [-0.1, -0.05) is 32.9 Å². The Balaban J connectivity index is 0.00000363. The van der Waals surface area contributed by atoms with Gasteiger partial charge in [0.25, 0.3) is 0 Å². The summed E-state index contributed by atoms with van der Waals surface area (Å²) in [4.78, 5) is 10.9. The number of oxazole rings is 1. The summed E-state index contributed by atoms with van der Waals surface area (Å²) in [7, 11) is 0. The van der Waals surface area contributed by atoms with E-state index in [1.165, 1.54) is 6.07 Å². The van der Waals surface area contributed by atoms with Crippen molar-refractivity contribution in [1.29, 1.82) is 0 Å². The van der Waals surface area contributed by atoms with Crippen molar-refractivity contribution in [2.75, 3.05) is 26.2 Å². The quantitative estimate of drug-likeness (QED) is 0.315. The van der Waals surface area contributed by atoms with Gasteiger partial charge in [0.05, 0.1) is 24.9 Å². The highest BCUT2D eigenvalue weighted by Crippen LogP contribution is 2.32. The second-order valence-corrected chi connectivity index (χ2v) is 8.47. The maximum absolute atomic E-state index is 13.1. The number of benzene rings is 1. The van der Waals surface area contributed by atoms with E-state index >= 15 is 0 Å². The summed E-state index contributed by atoms with van der Waals surface area (Å²) < 4.78 is 50.8. The van der Waals surface area contributed by atoms with Crippen LogP contribution in [0.15, 0.2) is 39.9 Å². The first-order valence-corrected chi connectivity index (χ1v) is 10.3. The Labute approximate surface area is 203 Å². The summed E-state index contributed by atoms with van der Waals surface area (Å²) in [6.45, 7) is 10.4. The second kappa shape index (κ2) is 10.9. The van der Waals surface area contributed by atoms with Gasteiger partial charge in [0.1, 0.15) is 18.4 Å². The summed E-state index contributed by atoms with van der Waals surface area (Å²) in [5.41, 5.74) is -0.315. The number of nitrogens with zero attached hydrogens (tertiary/aromatic N) is 3. The molecule has 0 spiro atoms. The molecule has 0 bridgehead atoms. The SMILES string of the molecule is CCNC(=NCc1ncc(C(C)(C)C)o1)N1CCOC(c2cccc(C(F)(F)F)c2)C1.I. The smallest absolute Gasteiger partial charge is 0.416 e. The van der Waals surface area contributed by atoms with Gasteiger partial charge >= 0.3 is 6.18 Å². The highest BCUT2D eigenvalue weighted by molar-refractivity contribution is 14.0. The first-order chi connectivity index (χ1) is 14.6. The molecule has 1 saturated heterocycles. The van der Waals surface area contributed by atoms with Crippen LogP contribution in [0.3, 0.4) is 0 Å². The lowest BCUT2D eigenvalue weighted by molar-refractivity contribution is -0.137. The Morgan fingerprint density at radius 2 is 2.03 bits per heavy atom. The van der Waals surface area contributed by atoms with Crippen molar-refractivity contribution in [3.8, 4) is 0 Å². The minimum Gasteiger partial charge on any atom is -0.443 e. The zero-order chi connectivity index (χ0) is 22.6. The molecule has 3 rings (SSSR count). The van der Waals surface area contributed by atoms with E-state index in [9.17, 15) is 13.2 Å². The van der Waals surface area contributed by atoms with Crippen LogP contribution in [0, 0.1) is 0 Å². The van der Waals surface area contributed by atoms with Gasteiger partial charge in [0, 0.05) is 18.5 Å². The third-order valence-electron chi connectivity index (χ3n) is 4.94. The van der Waals surface area contributed by atoms with Crippen molar-refractivity contribution in [3.05, 3.63) is 53.2 Å². The first kappa shape index (κ1) is 26.4. The number of nitrogens with one attached hydrogen (secondary N) is 1. The number of morpholine rings is 1. The lowest BCUT2D eigenvalue weighted by Crippen LogP contribution is -2.48. The first-order valence-electron chi connectivity index (χ1n) is 10.3. The maximum Gasteiger partial charge on any atom is 0.416 e. The predicted molar refractivity (Wildman–Crippen MR) is 127 cm³/mol. The van der Waals surface area contributed by atoms with Crippen molar-refractivity contribution in [2.45, 2.75) is 51.9 Å². The van der Waals surface area contributed by atoms with E-state index in [0.717, 1.165) is 17.9 Å². The molecule has 0 radical (unpaired) electrons. The molecule has 1 atom stereocenters. The van der Waals surface area contributed by atoms with Crippen molar-refractivity contribution >= 4 is 29.9 Å². The zero-order valence-electron chi connectivity index (χ0n) is 18.7. The maximum atomic E-state index is 13.1. The molecular formula is C22H30F3IN4O2. The third kappa shape index (κ3) is 6.84. The summed E-state index contributed by atoms with van der Waals surface area (Å²) >= 11 is 0. The summed E-state index contributed by atoms with van der Waals surface area (Å²) in [5.74, 6) is 1.96. The van der Waals surface area contributed by atoms with Crippen LogP contribution in [0.1, 0.15) is 56.6 Å². The van der Waals surface area contributed by atoms with Gasteiger partial charge in [-0.15, -0.1) is 24.0 Å². The molecule has 0 saturated carbocycles. The van der Waals surface area contributed by atoms with Crippen LogP contribution in [-0.4, -0.2) is 42.1 Å². The Kier molecular flexibility index (Phi) is 8.98. The lowest BCUT2D eigenvalue weighted by Gasteiger charge is -2.35. The highest BCUT2D eigenvalue weighted by Gasteiger charge is 2.32. The van der Waals surface area contributed by atoms with Crippen molar-refractivity contribution in [2.24, 2.45) is 4.99 Å². The average molecular weight is 566 g/mol. The molecule has 6 nitrogen and oxygen atoms in total. The van der Waals surface area contributed by atoms with Gasteiger partial charge < -0.3 is 19.4 Å². The van der Waals surface area contributed by atoms with Crippen LogP contribution in [0.2, 0.25) is 0 Å². The fourth-order valence-electron chi connectivity index (χ4n) is 3.26. The molecule has 1 unspecified atom stereocenters. The van der Waals surface area contributed by atoms with Crippen molar-refractivity contribution < 1.29 is 22.3 Å². The molecule has 1 aromatic heterocycles. The number of hydrogen-bond acceptors (Lipinski definition) is 4. The summed E-state index contributed by atoms with van der Waals surface area (Å²) in [5, 5.41) is 3.24. The highest BCUT2D eigenvalue weighted by atomic mass is 127. The van der Waals surface area contributed by atoms with E-state index in [1.54, 1.807) is 12.3 Å². The summed E-state index contributed by atoms with van der Waals surface area (Å²) in [6, 6.07) is 5.29. The van der Waals surface area contributed by atoms with Crippen LogP contribution in [-0.2, 0) is 22.9 Å². The van der Waals surface area contributed by atoms with Crippen LogP contribution in [0.25, 0.3) is 0 Å². The van der Waals surface area contributed by atoms with Gasteiger partial charge in [-0.3, -0.25) is 0 Å². The van der Waals surface area contributed by atoms with Gasteiger partial charge in [-0.25, -0.2) is 9.98 Å². The molecule has 0 amide bonds. The fourth-order valence-corrected chi connectivity index (χ4v) is 3.26. The molecule has 32 heavy (non-hydrogen) atoms. The van der Waals surface area contributed by atoms with E-state index < -0.39 is 17.8 Å². The van der Waals surface area contributed by atoms with Crippen LogP contribution < -0.4 is 5.32 Å². The Bertz CT molecular complexity index is 909. The molecule has 2 heterocycles. The zero-order valence-corrected chi connectivity index (χ0v) is 21.0. The Hall–Kier alpha value is -1.82. The van der Waals surface area contributed by atoms with Crippen molar-refractivity contribution in [1.82, 2.24) is 15.2 Å². The van der Waals surface area contributed by atoms with Gasteiger partial charge in [-0.2, -0.15) is 13.2 Å². The van der Waals surface area contributed by atoms with E-state index in [1.807, 2.05) is 32.6 Å². The van der Waals surface area contributed by atoms with Gasteiger partial charge in [0.2, 0.25) is 5.89 Å². The van der Waals surface area contributed by atoms with E-state index in [2.05, 4.69) is 15.3 Å². The molecule has 1 fully saturated rings. The third-order valence-corrected chi connectivity index (χ3v) is 4.94. The van der Waals surface area contributed by atoms with Crippen molar-refractivity contribution in [3.63, 3.8) is 0 Å². The fraction of sp³-hybridized carbons (Fsp3) is 0.545. The molecule has 1 N–H and O–H groups in total. The molecule has 1 aliphatic heterocycles. The second-order valence-electron chi connectivity index (χ2n) is 8.47. The molecular weight excluding hydrogens is 536 g/mol. The number of ether oxygens (including phenoxy) is 1. The number of aliphatic imine (C=N–C) groups is 1. The van der Waals surface area contributed by atoms with E-state index in [-0.39, 0.29) is 35.9 Å². The van der Waals surface area contributed by atoms with E-state index in [0.29, 0.717) is 43.7 Å². The normalized spacial score (nSPS) is 17.8. The number of hydrogen-bond donors (Lipinski definition) is 1. The van der Waals surface area contributed by atoms with Gasteiger partial charge in [-0.05, 0) is 24.6 Å². The predicted octanol–water partition coefficient (Wildman–Crippen LogP) is 5.15. The molecule has 178 valence electrons. The number of rotatable bonds is 4. The van der Waals surface area contributed by atoms with Crippen LogP contribution in [0.4, 0.5) is 13.2 Å². The average Bonchev–Trinajstić information content (AvgIpc) is 3.20. The lowest BCUT2D eigenvalue weighted by atomic mass is 9.94. The Morgan fingerprint density at radius 1 is 1.28 bits per heavy atom. The minimum absolute atomic E-state index is 0. The standard InChI is InChI=1S/C22H29F3N4O2.HI/c1-5-26-20(28-13-19-27-12-18(31-19)21(2,3)4)29-9-10-30-17(14-29)15-7-6-8-16(11-15)22(23,24)25;/h6-8,11-12,17H,5,9-10,13-14H2,1-4H3,(H,26,28);1H. The van der Waals surface area contributed by atoms with Gasteiger partial charge in [0.15, 0.2) is 5.96 Å². The minimum atomic E-state index is -4.39. The molecule has 2 aromatic rings. The number of guanidine groups is 1. The molecule has 1 aliphatic rings. The monoisotopic (exact) mass is 566 g/mol. The molecule has 1 aromatic carbocycles. The Morgan fingerprint density at radius 3 is 2.66 bits per heavy atom. The molecule has 0 aliphatic carbocycles. The largest absolute Gasteiger partial charge is 0.443 e. The van der Waals surface area contributed by atoms with Crippen LogP contribution in [0.5, 0.6) is 0 Å². The van der Waals surface area contributed by atoms with Crippen LogP contribution >= 0.6 is 24.0 Å². The molecule has 10 heteroatoms.